The van der Waals surface area contributed by atoms with E-state index in [9.17, 15) is 9.90 Å². The summed E-state index contributed by atoms with van der Waals surface area (Å²) in [5.74, 6) is -0.154. The number of carbonyl (C=O) groups excluding carboxylic acids is 1. The molecule has 0 amide bonds. The minimum atomic E-state index is -0.355. The van der Waals surface area contributed by atoms with Crippen molar-refractivity contribution in [1.29, 1.82) is 0 Å². The van der Waals surface area contributed by atoms with E-state index in [4.69, 9.17) is 4.74 Å². The van der Waals surface area contributed by atoms with Gasteiger partial charge in [0, 0.05) is 6.54 Å². The van der Waals surface area contributed by atoms with E-state index in [1.807, 2.05) is 0 Å². The molecule has 0 aromatic rings. The number of aliphatic hydroxyl groups is 1. The topological polar surface area (TPSA) is 49.8 Å². The van der Waals surface area contributed by atoms with E-state index in [2.05, 4.69) is 18.7 Å². The van der Waals surface area contributed by atoms with Crippen molar-refractivity contribution in [2.45, 2.75) is 64.5 Å². The Morgan fingerprint density at radius 2 is 2.06 bits per heavy atom. The molecule has 1 fully saturated rings. The van der Waals surface area contributed by atoms with Crippen molar-refractivity contribution in [3.05, 3.63) is 0 Å². The van der Waals surface area contributed by atoms with Crippen LogP contribution in [0.1, 0.15) is 52.4 Å². The highest BCUT2D eigenvalue weighted by Gasteiger charge is 2.33. The SMILES string of the molecule is CCCCOC(=O)C1CC(O)CCN1CCCC. The number of nitrogens with zero attached hydrogens (tertiary/aromatic N) is 1. The Morgan fingerprint density at radius 3 is 2.72 bits per heavy atom. The van der Waals surface area contributed by atoms with E-state index in [-0.39, 0.29) is 18.1 Å². The number of esters is 1. The lowest BCUT2D eigenvalue weighted by Crippen LogP contribution is -2.49. The lowest BCUT2D eigenvalue weighted by Gasteiger charge is -2.36. The van der Waals surface area contributed by atoms with Crippen LogP contribution in [-0.4, -0.2) is 47.8 Å². The minimum Gasteiger partial charge on any atom is -0.465 e. The fourth-order valence-electron chi connectivity index (χ4n) is 2.28. The minimum absolute atomic E-state index is 0.154. The van der Waals surface area contributed by atoms with Gasteiger partial charge < -0.3 is 9.84 Å². The van der Waals surface area contributed by atoms with Crippen LogP contribution in [-0.2, 0) is 9.53 Å². The number of ether oxygens (including phenoxy) is 1. The zero-order chi connectivity index (χ0) is 13.4. The Bertz CT molecular complexity index is 243. The predicted octanol–water partition coefficient (Wildman–Crippen LogP) is 1.96. The molecule has 0 saturated carbocycles. The molecular formula is C14H27NO3. The summed E-state index contributed by atoms with van der Waals surface area (Å²) in [6.07, 6.45) is 5.09. The summed E-state index contributed by atoms with van der Waals surface area (Å²) in [6, 6.07) is -0.239. The maximum Gasteiger partial charge on any atom is 0.323 e. The Balaban J connectivity index is 2.46. The highest BCUT2D eigenvalue weighted by Crippen LogP contribution is 2.19. The van der Waals surface area contributed by atoms with E-state index in [1.54, 1.807) is 0 Å². The fourth-order valence-corrected chi connectivity index (χ4v) is 2.28. The van der Waals surface area contributed by atoms with Gasteiger partial charge in [0.25, 0.3) is 0 Å². The summed E-state index contributed by atoms with van der Waals surface area (Å²) in [7, 11) is 0. The molecule has 2 unspecified atom stereocenters. The van der Waals surface area contributed by atoms with Crippen LogP contribution in [0, 0.1) is 0 Å². The molecule has 106 valence electrons. The second-order valence-corrected chi connectivity index (χ2v) is 5.10. The molecule has 4 heteroatoms. The maximum absolute atomic E-state index is 12.0. The summed E-state index contributed by atoms with van der Waals surface area (Å²) >= 11 is 0. The Labute approximate surface area is 110 Å². The molecule has 0 aliphatic carbocycles. The van der Waals surface area contributed by atoms with Crippen LogP contribution >= 0.6 is 0 Å². The summed E-state index contributed by atoms with van der Waals surface area (Å²) in [5.41, 5.74) is 0. The summed E-state index contributed by atoms with van der Waals surface area (Å²) in [4.78, 5) is 14.2. The molecule has 0 aromatic heterocycles. The average Bonchev–Trinajstić information content (AvgIpc) is 2.37. The lowest BCUT2D eigenvalue weighted by molar-refractivity contribution is -0.153. The molecule has 2 atom stereocenters. The van der Waals surface area contributed by atoms with Gasteiger partial charge in [-0.15, -0.1) is 0 Å². The van der Waals surface area contributed by atoms with Crippen molar-refractivity contribution in [2.24, 2.45) is 0 Å². The van der Waals surface area contributed by atoms with E-state index in [0.717, 1.165) is 45.2 Å². The van der Waals surface area contributed by atoms with Crippen LogP contribution in [0.3, 0.4) is 0 Å². The third kappa shape index (κ3) is 4.94. The normalized spacial score (nSPS) is 25.1. The molecule has 0 bridgehead atoms. The van der Waals surface area contributed by atoms with Gasteiger partial charge in [0.2, 0.25) is 0 Å². The Hall–Kier alpha value is -0.610. The Morgan fingerprint density at radius 1 is 1.33 bits per heavy atom. The third-order valence-electron chi connectivity index (χ3n) is 3.50. The largest absolute Gasteiger partial charge is 0.465 e. The standard InChI is InChI=1S/C14H27NO3/c1-3-5-8-15-9-7-12(16)11-13(15)14(17)18-10-6-4-2/h12-13,16H,3-11H2,1-2H3. The zero-order valence-corrected chi connectivity index (χ0v) is 11.7. The first-order chi connectivity index (χ1) is 8.69. The molecule has 1 N–H and O–H groups in total. The van der Waals surface area contributed by atoms with Gasteiger partial charge in [0.1, 0.15) is 6.04 Å². The van der Waals surface area contributed by atoms with E-state index < -0.39 is 0 Å². The predicted molar refractivity (Wildman–Crippen MR) is 71.4 cm³/mol. The van der Waals surface area contributed by atoms with Gasteiger partial charge in [-0.25, -0.2) is 0 Å². The lowest BCUT2D eigenvalue weighted by atomic mass is 9.99. The number of piperidine rings is 1. The number of unbranched alkanes of at least 4 members (excludes halogenated alkanes) is 2. The van der Waals surface area contributed by atoms with E-state index in [0.29, 0.717) is 13.0 Å². The first-order valence-corrected chi connectivity index (χ1v) is 7.27. The van der Waals surface area contributed by atoms with Gasteiger partial charge in [-0.05, 0) is 32.2 Å². The smallest absolute Gasteiger partial charge is 0.323 e. The number of carbonyl (C=O) groups is 1. The van der Waals surface area contributed by atoms with E-state index >= 15 is 0 Å². The number of hydrogen-bond acceptors (Lipinski definition) is 4. The van der Waals surface area contributed by atoms with Crippen LogP contribution in [0.25, 0.3) is 0 Å². The number of aliphatic hydroxyl groups excluding tert-OH is 1. The fraction of sp³-hybridized carbons (Fsp3) is 0.929. The quantitative estimate of drug-likeness (QED) is 0.559. The molecule has 0 aromatic carbocycles. The second-order valence-electron chi connectivity index (χ2n) is 5.10. The van der Waals surface area contributed by atoms with Gasteiger partial charge in [0.15, 0.2) is 0 Å². The molecule has 1 aliphatic rings. The molecule has 1 aliphatic heterocycles. The van der Waals surface area contributed by atoms with Crippen LogP contribution in [0.15, 0.2) is 0 Å². The Kier molecular flexibility index (Phi) is 7.28. The molecule has 4 nitrogen and oxygen atoms in total. The molecule has 18 heavy (non-hydrogen) atoms. The van der Waals surface area contributed by atoms with Crippen LogP contribution in [0.4, 0.5) is 0 Å². The highest BCUT2D eigenvalue weighted by atomic mass is 16.5. The summed E-state index contributed by atoms with van der Waals surface area (Å²) in [6.45, 7) is 6.45. The van der Waals surface area contributed by atoms with Gasteiger partial charge in [-0.2, -0.15) is 0 Å². The maximum atomic E-state index is 12.0. The van der Waals surface area contributed by atoms with Gasteiger partial charge >= 0.3 is 5.97 Å². The summed E-state index contributed by atoms with van der Waals surface area (Å²) < 4.78 is 5.29. The van der Waals surface area contributed by atoms with Crippen molar-refractivity contribution < 1.29 is 14.6 Å². The van der Waals surface area contributed by atoms with Gasteiger partial charge in [-0.3, -0.25) is 9.69 Å². The van der Waals surface area contributed by atoms with Gasteiger partial charge in [0.05, 0.1) is 12.7 Å². The van der Waals surface area contributed by atoms with E-state index in [1.165, 1.54) is 0 Å². The zero-order valence-electron chi connectivity index (χ0n) is 11.7. The van der Waals surface area contributed by atoms with Crippen molar-refractivity contribution >= 4 is 5.97 Å². The molecule has 0 radical (unpaired) electrons. The molecule has 1 rings (SSSR count). The molecule has 1 saturated heterocycles. The van der Waals surface area contributed by atoms with Crippen LogP contribution in [0.5, 0.6) is 0 Å². The average molecular weight is 257 g/mol. The molecular weight excluding hydrogens is 230 g/mol. The highest BCUT2D eigenvalue weighted by molar-refractivity contribution is 5.76. The molecule has 0 spiro atoms. The molecule has 1 heterocycles. The van der Waals surface area contributed by atoms with Crippen molar-refractivity contribution in [3.8, 4) is 0 Å². The number of rotatable bonds is 7. The first-order valence-electron chi connectivity index (χ1n) is 7.27. The van der Waals surface area contributed by atoms with Crippen molar-refractivity contribution in [1.82, 2.24) is 4.90 Å². The van der Waals surface area contributed by atoms with Crippen molar-refractivity contribution in [2.75, 3.05) is 19.7 Å². The number of likely N-dealkylation sites (tertiary alicyclic amines) is 1. The van der Waals surface area contributed by atoms with Crippen LogP contribution in [0.2, 0.25) is 0 Å². The number of hydrogen-bond donors (Lipinski definition) is 1. The van der Waals surface area contributed by atoms with Crippen molar-refractivity contribution in [3.63, 3.8) is 0 Å². The van der Waals surface area contributed by atoms with Crippen LogP contribution < -0.4 is 0 Å². The first kappa shape index (κ1) is 15.4. The second kappa shape index (κ2) is 8.48. The third-order valence-corrected chi connectivity index (χ3v) is 3.50. The monoisotopic (exact) mass is 257 g/mol. The van der Waals surface area contributed by atoms with Gasteiger partial charge in [-0.1, -0.05) is 26.7 Å². The summed E-state index contributed by atoms with van der Waals surface area (Å²) in [5, 5.41) is 9.71.